The Hall–Kier alpha value is -4.34. The molecule has 6 aromatic carbocycles. The van der Waals surface area contributed by atoms with E-state index in [2.05, 4.69) is 147 Å². The Morgan fingerprint density at radius 3 is 1.28 bits per heavy atom. The summed E-state index contributed by atoms with van der Waals surface area (Å²) >= 11 is 54.3. The maximum atomic E-state index is 11.7. The van der Waals surface area contributed by atoms with Gasteiger partial charge < -0.3 is 78.1 Å². The molecule has 3 heterocycles. The minimum atomic E-state index is -0.539. The second kappa shape index (κ2) is 56.2. The van der Waals surface area contributed by atoms with Gasteiger partial charge in [0.2, 0.25) is 0 Å². The monoisotopic (exact) mass is 2070 g/mol. The van der Waals surface area contributed by atoms with E-state index in [1.807, 2.05) is 65.7 Å². The molecule has 0 bridgehead atoms. The molecule has 0 atom stereocenters. The molecule has 23 nitrogen and oxygen atoms in total. The number of hydrogen-bond donors (Lipinski definition) is 3. The van der Waals surface area contributed by atoms with Crippen LogP contribution in [0.2, 0.25) is 25.1 Å². The maximum absolute atomic E-state index is 11.7. The molecule has 3 aliphatic rings. The standard InChI is InChI=1S/C13H15ClO3.C12H13ClO3.C11H12Cl2O.C10H19BO2.C9H8BrClO3.C9H10ClNO3.C9H11NO3.2CH4.BBr3.BrH.Cu.HNO2.Na/c1-8(2)5-10-11(13(15)17-4)6-9(14)7-12(10)16-3;1-12(2)6-9-8(11(14)15-3)4-7(13)5-10(9)16-12;1-11(2)5-9-7(6-12)3-8(13)4-10(9)14-11;1-8(2)7-11-12-9(3,4)10(5,6)13-11;1-13-7-4-5(11)3-6(8(7)10)9(12)14-2;1-13-7-4-5(10)3-6(8(7)11)9(12)14-2;1-12-7-5-3-4-6(8(7)10)9(11)13-2;;;2-1(3)4;;;2-1-3;/h5-7H,1-4H3;4-5H,6H2,1-3H3;3-4H,5-6H2,1-2H3;7H,1-6H3;3-4H,1-2H3;3-4H,11H2,1-2H3;3-5H,10H2,1-2H3;2*1H4;;1H;;(H,2,3);/q;;;;;;;;;;;+1;;/p-1. The van der Waals surface area contributed by atoms with Gasteiger partial charge in [0.1, 0.15) is 45.7 Å². The number of nitrogens with two attached hydrogens (primary N) is 2. The molecule has 0 unspecified atom stereocenters. The summed E-state index contributed by atoms with van der Waals surface area (Å²) in [5.41, 5.74) is 18.8. The number of anilines is 2. The van der Waals surface area contributed by atoms with Crippen molar-refractivity contribution < 1.29 is 105 Å². The number of allylic oxidation sites excluding steroid dienone is 2. The molecule has 1 radical (unpaired) electrons. The summed E-state index contributed by atoms with van der Waals surface area (Å²) in [6.45, 7) is 24.3. The van der Waals surface area contributed by atoms with Crippen LogP contribution in [0.1, 0.15) is 172 Å². The molecule has 5 N–H and O–H groups in total. The van der Waals surface area contributed by atoms with Crippen LogP contribution in [-0.2, 0) is 65.9 Å². The van der Waals surface area contributed by atoms with Crippen molar-refractivity contribution >= 4 is 234 Å². The fourth-order valence-electron chi connectivity index (χ4n) is 9.50. The third-order valence-corrected chi connectivity index (χ3v) is 17.1. The number of carbonyl (C=O) groups excluding carboxylic acids is 5. The van der Waals surface area contributed by atoms with E-state index in [0.717, 1.165) is 28.9 Å². The zero-order valence-electron chi connectivity index (χ0n) is 65.2. The Bertz CT molecular complexity index is 4060. The van der Waals surface area contributed by atoms with Crippen LogP contribution < -0.4 is 39.9 Å². The Labute approximate surface area is 765 Å². The number of halogens is 11. The number of rotatable bonds is 12. The third-order valence-electron chi connectivity index (χ3n) is 14.9. The summed E-state index contributed by atoms with van der Waals surface area (Å²) in [5.74, 6) is 3.68. The largest absolute Gasteiger partial charge is 0 e. The average molecular weight is 2080 g/mol. The second-order valence-electron chi connectivity index (χ2n) is 25.1. The number of benzene rings is 6. The third kappa shape index (κ3) is 38.5. The van der Waals surface area contributed by atoms with E-state index in [4.69, 9.17) is 138 Å². The SMILES string of the molecule is BrB(Br)Br.C.C.CC(C)=CB1OC(C)(C)C(C)(C)O1.CC1(C)Cc2c(CCl)cc(Cl)cc2O1.COC(=O)c1cc(Cl)cc(OC)c1Br.COC(=O)c1cc(Cl)cc(OC)c1C=C(C)C.COC(=O)c1cc(Cl)cc(OC)c1N.COC(=O)c1cc(Cl)cc2c1CC(C)(C)O2.COC(=O)c1cccc(OC)c1N.O=NO.[Cu][Br].[Na]. The van der Waals surface area contributed by atoms with Crippen LogP contribution in [0.5, 0.6) is 34.5 Å². The predicted molar refractivity (Wildman–Crippen MR) is 473 cm³/mol. The molecular formula is C75H97B2Br5Cl6CuN3NaO20. The van der Waals surface area contributed by atoms with Crippen molar-refractivity contribution in [3.63, 3.8) is 0 Å². The van der Waals surface area contributed by atoms with Crippen LogP contribution in [0.25, 0.3) is 6.08 Å². The summed E-state index contributed by atoms with van der Waals surface area (Å²) in [6, 6.07) is 21.4. The van der Waals surface area contributed by atoms with Crippen LogP contribution in [0.15, 0.2) is 106 Å². The summed E-state index contributed by atoms with van der Waals surface area (Å²) < 4.78 is 67.1. The minimum absolute atomic E-state index is 0. The Morgan fingerprint density at radius 1 is 0.531 bits per heavy atom. The van der Waals surface area contributed by atoms with Gasteiger partial charge in [-0.1, -0.05) is 102 Å². The Balaban J connectivity index is -0.000000600. The minimum Gasteiger partial charge on any atom is 0 e. The number of para-hydroxylation sites is 1. The van der Waals surface area contributed by atoms with Gasteiger partial charge in [0.15, 0.2) is 5.34 Å². The molecule has 0 spiro atoms. The van der Waals surface area contributed by atoms with Crippen molar-refractivity contribution in [2.24, 2.45) is 5.34 Å². The quantitative estimate of drug-likeness (QED) is 0.0195. The van der Waals surface area contributed by atoms with E-state index in [1.165, 1.54) is 98.7 Å². The number of hydrogen-bond acceptors (Lipinski definition) is 22. The van der Waals surface area contributed by atoms with Crippen molar-refractivity contribution in [1.82, 2.24) is 0 Å². The fourth-order valence-corrected chi connectivity index (χ4v) is 11.4. The number of ether oxygens (including phenoxy) is 11. The number of fused-ring (bicyclic) bond motifs is 2. The zero-order chi connectivity index (χ0) is 85.1. The molecule has 0 saturated carbocycles. The zero-order valence-corrected chi connectivity index (χ0v) is 80.6. The molecule has 9 rings (SSSR count). The molecule has 1 saturated heterocycles. The number of esters is 5. The van der Waals surface area contributed by atoms with Crippen molar-refractivity contribution in [2.75, 3.05) is 75.5 Å². The first-order chi connectivity index (χ1) is 51.2. The van der Waals surface area contributed by atoms with Gasteiger partial charge in [-0.05, 0) is 171 Å². The molecule has 627 valence electrons. The van der Waals surface area contributed by atoms with Gasteiger partial charge in [0, 0.05) is 96.1 Å². The van der Waals surface area contributed by atoms with E-state index in [9.17, 15) is 24.0 Å². The predicted octanol–water partition coefficient (Wildman–Crippen LogP) is 22.5. The van der Waals surface area contributed by atoms with Gasteiger partial charge in [0.05, 0.1) is 119 Å². The molecular weight excluding hydrogens is 1980 g/mol. The van der Waals surface area contributed by atoms with Gasteiger partial charge >= 0.3 is 68.5 Å². The number of methoxy groups -OCH3 is 9. The first-order valence-corrected chi connectivity index (χ1v) is 40.1. The van der Waals surface area contributed by atoms with Crippen LogP contribution in [0.3, 0.4) is 0 Å². The number of carbonyl (C=O) groups is 5. The van der Waals surface area contributed by atoms with E-state index in [0.29, 0.717) is 104 Å². The van der Waals surface area contributed by atoms with E-state index >= 15 is 0 Å². The number of alkyl halides is 1. The van der Waals surface area contributed by atoms with Gasteiger partial charge in [-0.3, -0.25) is 0 Å². The van der Waals surface area contributed by atoms with Crippen LogP contribution in [-0.4, -0.2) is 161 Å². The van der Waals surface area contributed by atoms with Gasteiger partial charge in [-0.15, -0.1) is 63.8 Å². The molecule has 3 aliphatic heterocycles. The number of nitrogen functional groups attached to an aromatic ring is 2. The molecule has 113 heavy (non-hydrogen) atoms. The fraction of sp³-hybridized carbons (Fsp3) is 0.400. The first kappa shape index (κ1) is 115. The molecule has 1 fully saturated rings. The second-order valence-corrected chi connectivity index (χ2v) is 34.8. The Kier molecular flexibility index (Phi) is 57.2. The molecule has 6 aromatic rings. The molecule has 0 aromatic heterocycles. The van der Waals surface area contributed by atoms with Gasteiger partial charge in [0.25, 0.3) is 0 Å². The van der Waals surface area contributed by atoms with E-state index in [-0.39, 0.29) is 94.3 Å². The van der Waals surface area contributed by atoms with Crippen molar-refractivity contribution in [3.8, 4) is 34.5 Å². The summed E-state index contributed by atoms with van der Waals surface area (Å²) in [4.78, 5) is 65.1. The molecule has 0 aliphatic carbocycles. The maximum Gasteiger partial charge on any atom is 0 e. The number of nitrogens with zero attached hydrogens (tertiary/aromatic N) is 1. The topological polar surface area (TPSA) is 307 Å². The van der Waals surface area contributed by atoms with E-state index < -0.39 is 23.9 Å². The van der Waals surface area contributed by atoms with Crippen LogP contribution in [0.4, 0.5) is 11.4 Å². The summed E-state index contributed by atoms with van der Waals surface area (Å²) in [5, 5.41) is 10.3. The summed E-state index contributed by atoms with van der Waals surface area (Å²) in [7, 11) is 12.4. The molecule has 0 amide bonds. The Morgan fingerprint density at radius 2 is 0.867 bits per heavy atom. The van der Waals surface area contributed by atoms with Gasteiger partial charge in [-0.2, -0.15) is 0 Å². The van der Waals surface area contributed by atoms with Crippen molar-refractivity contribution in [1.29, 1.82) is 0 Å². The van der Waals surface area contributed by atoms with Gasteiger partial charge in [-0.25, -0.2) is 24.0 Å². The average Bonchev–Trinajstić information content (AvgIpc) is 1.66. The normalized spacial score (nSPS) is 12.7. The van der Waals surface area contributed by atoms with Crippen LogP contribution >= 0.6 is 147 Å². The summed E-state index contributed by atoms with van der Waals surface area (Å²) in [6.07, 6.45) is 3.45. The van der Waals surface area contributed by atoms with E-state index in [1.54, 1.807) is 48.5 Å². The van der Waals surface area contributed by atoms with Crippen molar-refractivity contribution in [3.05, 3.63) is 181 Å². The first-order valence-electron chi connectivity index (χ1n) is 31.8. The van der Waals surface area contributed by atoms with Crippen molar-refractivity contribution in [2.45, 2.75) is 139 Å². The van der Waals surface area contributed by atoms with Crippen LogP contribution in [0, 0.1) is 4.91 Å². The smallest absolute Gasteiger partial charge is 0 e. The molecule has 38 heteroatoms.